The van der Waals surface area contributed by atoms with Crippen LogP contribution in [0.2, 0.25) is 0 Å². The summed E-state index contributed by atoms with van der Waals surface area (Å²) in [5.41, 5.74) is 0. The van der Waals surface area contributed by atoms with Crippen LogP contribution in [0.25, 0.3) is 0 Å². The number of carboxylic acid groups (broad SMARTS) is 1. The molecular formula is C10H19N3O3. The van der Waals surface area contributed by atoms with Gasteiger partial charge in [0.2, 0.25) is 5.91 Å². The average molecular weight is 229 g/mol. The van der Waals surface area contributed by atoms with E-state index in [4.69, 9.17) is 5.11 Å². The molecule has 2 N–H and O–H groups in total. The van der Waals surface area contributed by atoms with Gasteiger partial charge >= 0.3 is 5.97 Å². The first-order chi connectivity index (χ1) is 7.56. The van der Waals surface area contributed by atoms with Crippen LogP contribution in [0.15, 0.2) is 0 Å². The van der Waals surface area contributed by atoms with Crippen LogP contribution in [0, 0.1) is 0 Å². The molecule has 6 nitrogen and oxygen atoms in total. The van der Waals surface area contributed by atoms with Crippen LogP contribution in [0.3, 0.4) is 0 Å². The van der Waals surface area contributed by atoms with Crippen molar-refractivity contribution in [1.29, 1.82) is 0 Å². The molecule has 0 radical (unpaired) electrons. The molecule has 1 fully saturated rings. The first-order valence-electron chi connectivity index (χ1n) is 5.45. The Bertz CT molecular complexity index is 262. The molecule has 0 aromatic carbocycles. The van der Waals surface area contributed by atoms with Gasteiger partial charge < -0.3 is 15.3 Å². The SMILES string of the molecule is CNCC(=O)N1CCN(C(C)C(=O)O)CC1. The van der Waals surface area contributed by atoms with Crippen LogP contribution < -0.4 is 5.32 Å². The maximum Gasteiger partial charge on any atom is 0.320 e. The number of nitrogens with one attached hydrogen (secondary N) is 1. The minimum atomic E-state index is -0.810. The first-order valence-corrected chi connectivity index (χ1v) is 5.45. The van der Waals surface area contributed by atoms with Gasteiger partial charge in [0.25, 0.3) is 0 Å². The molecule has 1 rings (SSSR count). The maximum atomic E-state index is 11.5. The van der Waals surface area contributed by atoms with Crippen LogP contribution in [-0.2, 0) is 9.59 Å². The molecule has 1 heterocycles. The summed E-state index contributed by atoms with van der Waals surface area (Å²) in [6.07, 6.45) is 0. The number of carbonyl (C=O) groups excluding carboxylic acids is 1. The quantitative estimate of drug-likeness (QED) is 0.635. The van der Waals surface area contributed by atoms with Crippen LogP contribution >= 0.6 is 0 Å². The topological polar surface area (TPSA) is 72.9 Å². The Morgan fingerprint density at radius 2 is 1.88 bits per heavy atom. The van der Waals surface area contributed by atoms with Crippen molar-refractivity contribution < 1.29 is 14.7 Å². The summed E-state index contributed by atoms with van der Waals surface area (Å²) in [6, 6.07) is -0.471. The van der Waals surface area contributed by atoms with E-state index >= 15 is 0 Å². The van der Waals surface area contributed by atoms with Crippen molar-refractivity contribution in [3.63, 3.8) is 0 Å². The third kappa shape index (κ3) is 3.18. The van der Waals surface area contributed by atoms with E-state index in [2.05, 4.69) is 5.32 Å². The van der Waals surface area contributed by atoms with Gasteiger partial charge in [-0.05, 0) is 14.0 Å². The average Bonchev–Trinajstić information content (AvgIpc) is 2.28. The fourth-order valence-electron chi connectivity index (χ4n) is 1.78. The molecule has 0 spiro atoms. The zero-order valence-electron chi connectivity index (χ0n) is 9.77. The molecule has 0 saturated carbocycles. The fourth-order valence-corrected chi connectivity index (χ4v) is 1.78. The number of aliphatic carboxylic acids is 1. The van der Waals surface area contributed by atoms with E-state index in [0.717, 1.165) is 0 Å². The summed E-state index contributed by atoms with van der Waals surface area (Å²) in [5.74, 6) is -0.736. The van der Waals surface area contributed by atoms with E-state index in [1.54, 1.807) is 18.9 Å². The molecular weight excluding hydrogens is 210 g/mol. The standard InChI is InChI=1S/C10H19N3O3/c1-8(10(15)16)12-3-5-13(6-4-12)9(14)7-11-2/h8,11H,3-7H2,1-2H3,(H,15,16). The number of hydrogen-bond acceptors (Lipinski definition) is 4. The van der Waals surface area contributed by atoms with Crippen molar-refractivity contribution in [3.05, 3.63) is 0 Å². The van der Waals surface area contributed by atoms with E-state index in [0.29, 0.717) is 32.7 Å². The second kappa shape index (κ2) is 5.81. The number of likely N-dealkylation sites (N-methyl/N-ethyl adjacent to an activating group) is 1. The van der Waals surface area contributed by atoms with Gasteiger partial charge in [-0.3, -0.25) is 14.5 Å². The fraction of sp³-hybridized carbons (Fsp3) is 0.800. The second-order valence-electron chi connectivity index (χ2n) is 3.96. The third-order valence-electron chi connectivity index (χ3n) is 2.90. The highest BCUT2D eigenvalue weighted by atomic mass is 16.4. The van der Waals surface area contributed by atoms with E-state index in [-0.39, 0.29) is 5.91 Å². The van der Waals surface area contributed by atoms with Crippen LogP contribution in [0.4, 0.5) is 0 Å². The lowest BCUT2D eigenvalue weighted by Gasteiger charge is -2.36. The number of piperazine rings is 1. The molecule has 0 aromatic rings. The smallest absolute Gasteiger partial charge is 0.320 e. The van der Waals surface area contributed by atoms with Gasteiger partial charge in [-0.1, -0.05) is 0 Å². The number of carbonyl (C=O) groups is 2. The van der Waals surface area contributed by atoms with E-state index < -0.39 is 12.0 Å². The van der Waals surface area contributed by atoms with Crippen molar-refractivity contribution in [2.45, 2.75) is 13.0 Å². The largest absolute Gasteiger partial charge is 0.480 e. The van der Waals surface area contributed by atoms with Gasteiger partial charge in [0.1, 0.15) is 6.04 Å². The Morgan fingerprint density at radius 1 is 1.31 bits per heavy atom. The molecule has 92 valence electrons. The lowest BCUT2D eigenvalue weighted by molar-refractivity contribution is -0.143. The van der Waals surface area contributed by atoms with Gasteiger partial charge in [0.15, 0.2) is 0 Å². The minimum Gasteiger partial charge on any atom is -0.480 e. The van der Waals surface area contributed by atoms with Crippen molar-refractivity contribution in [3.8, 4) is 0 Å². The highest BCUT2D eigenvalue weighted by Gasteiger charge is 2.26. The molecule has 1 amide bonds. The van der Waals surface area contributed by atoms with Gasteiger partial charge in [-0.15, -0.1) is 0 Å². The van der Waals surface area contributed by atoms with E-state index in [9.17, 15) is 9.59 Å². The summed E-state index contributed by atoms with van der Waals surface area (Å²) < 4.78 is 0. The highest BCUT2D eigenvalue weighted by Crippen LogP contribution is 2.06. The molecule has 16 heavy (non-hydrogen) atoms. The molecule has 1 aliphatic rings. The molecule has 6 heteroatoms. The van der Waals surface area contributed by atoms with Gasteiger partial charge in [-0.2, -0.15) is 0 Å². The maximum absolute atomic E-state index is 11.5. The van der Waals surface area contributed by atoms with Crippen LogP contribution in [0.5, 0.6) is 0 Å². The minimum absolute atomic E-state index is 0.0742. The molecule has 1 unspecified atom stereocenters. The Morgan fingerprint density at radius 3 is 2.31 bits per heavy atom. The van der Waals surface area contributed by atoms with Crippen molar-refractivity contribution in [1.82, 2.24) is 15.1 Å². The van der Waals surface area contributed by atoms with E-state index in [1.807, 2.05) is 4.90 Å². The number of nitrogens with zero attached hydrogens (tertiary/aromatic N) is 2. The van der Waals surface area contributed by atoms with Gasteiger partial charge in [-0.25, -0.2) is 0 Å². The summed E-state index contributed by atoms with van der Waals surface area (Å²) in [7, 11) is 1.74. The second-order valence-corrected chi connectivity index (χ2v) is 3.96. The molecule has 1 saturated heterocycles. The zero-order chi connectivity index (χ0) is 12.1. The predicted molar refractivity (Wildman–Crippen MR) is 59.2 cm³/mol. The lowest BCUT2D eigenvalue weighted by atomic mass is 10.2. The Hall–Kier alpha value is -1.14. The zero-order valence-corrected chi connectivity index (χ0v) is 9.77. The number of rotatable bonds is 4. The molecule has 1 aliphatic heterocycles. The number of amides is 1. The van der Waals surface area contributed by atoms with Crippen molar-refractivity contribution in [2.75, 3.05) is 39.8 Å². The lowest BCUT2D eigenvalue weighted by Crippen LogP contribution is -2.54. The van der Waals surface area contributed by atoms with Crippen molar-refractivity contribution in [2.24, 2.45) is 0 Å². The number of carboxylic acids is 1. The molecule has 0 aliphatic carbocycles. The first kappa shape index (κ1) is 12.9. The van der Waals surface area contributed by atoms with Crippen molar-refractivity contribution >= 4 is 11.9 Å². The van der Waals surface area contributed by atoms with Crippen LogP contribution in [0.1, 0.15) is 6.92 Å². The van der Waals surface area contributed by atoms with Gasteiger partial charge in [0, 0.05) is 26.2 Å². The van der Waals surface area contributed by atoms with Crippen LogP contribution in [-0.4, -0.2) is 72.6 Å². The summed E-state index contributed by atoms with van der Waals surface area (Å²) in [4.78, 5) is 26.0. The monoisotopic (exact) mass is 229 g/mol. The summed E-state index contributed by atoms with van der Waals surface area (Å²) in [6.45, 7) is 4.49. The normalized spacial score (nSPS) is 19.5. The number of hydrogen-bond donors (Lipinski definition) is 2. The Balaban J connectivity index is 2.39. The highest BCUT2D eigenvalue weighted by molar-refractivity contribution is 5.78. The predicted octanol–water partition coefficient (Wildman–Crippen LogP) is -1.18. The summed E-state index contributed by atoms with van der Waals surface area (Å²) in [5, 5.41) is 11.7. The Labute approximate surface area is 95.2 Å². The third-order valence-corrected chi connectivity index (χ3v) is 2.90. The summed E-state index contributed by atoms with van der Waals surface area (Å²) >= 11 is 0. The van der Waals surface area contributed by atoms with Gasteiger partial charge in [0.05, 0.1) is 6.54 Å². The van der Waals surface area contributed by atoms with E-state index in [1.165, 1.54) is 0 Å². The molecule has 1 atom stereocenters. The Kier molecular flexibility index (Phi) is 4.70. The molecule has 0 bridgehead atoms. The molecule has 0 aromatic heterocycles.